The molecule has 1 heterocycles. The molecule has 0 spiro atoms. The fourth-order valence-electron chi connectivity index (χ4n) is 1.22. The van der Waals surface area contributed by atoms with Crippen molar-refractivity contribution >= 4 is 27.5 Å². The van der Waals surface area contributed by atoms with Crippen molar-refractivity contribution < 1.29 is 0 Å². The third-order valence-electron chi connectivity index (χ3n) is 2.08. The Morgan fingerprint density at radius 3 is 3.00 bits per heavy atom. The van der Waals surface area contributed by atoms with Gasteiger partial charge in [-0.1, -0.05) is 39.2 Å². The molecule has 0 saturated carbocycles. The summed E-state index contributed by atoms with van der Waals surface area (Å²) in [5.41, 5.74) is 3.06. The van der Waals surface area contributed by atoms with Gasteiger partial charge < -0.3 is 0 Å². The average Bonchev–Trinajstić information content (AvgIpc) is 2.07. The quantitative estimate of drug-likeness (QED) is 0.728. The third-order valence-corrected chi connectivity index (χ3v) is 3.19. The number of nitrogens with zero attached hydrogens (tertiary/aromatic N) is 1. The first-order chi connectivity index (χ1) is 5.74. The van der Waals surface area contributed by atoms with E-state index in [1.807, 2.05) is 6.08 Å². The molecule has 0 amide bonds. The molecule has 0 N–H and O–H groups in total. The highest BCUT2D eigenvalue weighted by Crippen LogP contribution is 2.21. The summed E-state index contributed by atoms with van der Waals surface area (Å²) in [6, 6.07) is 0. The molecule has 1 nitrogen and oxygen atoms in total. The number of hydrogen-bond donors (Lipinski definition) is 0. The number of hydrogen-bond acceptors (Lipinski definition) is 1. The minimum Gasteiger partial charge on any atom is -0.295 e. The number of rotatable bonds is 2. The molecular formula is C9H13BrClN. The van der Waals surface area contributed by atoms with Crippen LogP contribution in [-0.4, -0.2) is 24.5 Å². The molecule has 0 saturated heterocycles. The second kappa shape index (κ2) is 5.05. The predicted octanol–water partition coefficient (Wildman–Crippen LogP) is 3.11. The van der Waals surface area contributed by atoms with Gasteiger partial charge >= 0.3 is 0 Å². The average molecular weight is 251 g/mol. The fraction of sp³-hybridized carbons (Fsp3) is 0.556. The first kappa shape index (κ1) is 10.3. The van der Waals surface area contributed by atoms with Crippen molar-refractivity contribution in [2.75, 3.05) is 19.6 Å². The van der Waals surface area contributed by atoms with E-state index in [0.717, 1.165) is 26.1 Å². The second-order valence-electron chi connectivity index (χ2n) is 3.03. The molecule has 68 valence electrons. The van der Waals surface area contributed by atoms with Crippen LogP contribution in [0.4, 0.5) is 0 Å². The van der Waals surface area contributed by atoms with Crippen LogP contribution < -0.4 is 0 Å². The Balaban J connectivity index is 2.43. The molecular weight excluding hydrogens is 237 g/mol. The highest BCUT2D eigenvalue weighted by atomic mass is 79.9. The van der Waals surface area contributed by atoms with Crippen molar-refractivity contribution in [1.82, 2.24) is 4.90 Å². The third kappa shape index (κ3) is 2.92. The molecule has 0 atom stereocenters. The Morgan fingerprint density at radius 2 is 2.42 bits per heavy atom. The molecule has 0 fully saturated rings. The number of halogens is 2. The largest absolute Gasteiger partial charge is 0.295 e. The monoisotopic (exact) mass is 249 g/mol. The zero-order valence-corrected chi connectivity index (χ0v) is 9.53. The molecule has 0 aromatic heterocycles. The zero-order valence-electron chi connectivity index (χ0n) is 7.19. The van der Waals surface area contributed by atoms with Gasteiger partial charge in [-0.05, 0) is 13.3 Å². The first-order valence-electron chi connectivity index (χ1n) is 4.05. The molecule has 0 unspecified atom stereocenters. The van der Waals surface area contributed by atoms with Crippen molar-refractivity contribution in [3.05, 3.63) is 21.7 Å². The Morgan fingerprint density at radius 1 is 1.67 bits per heavy atom. The van der Waals surface area contributed by atoms with E-state index in [1.165, 1.54) is 10.1 Å². The summed E-state index contributed by atoms with van der Waals surface area (Å²) in [6.45, 7) is 5.29. The Bertz CT molecular complexity index is 211. The van der Waals surface area contributed by atoms with Gasteiger partial charge in [0.1, 0.15) is 0 Å². The van der Waals surface area contributed by atoms with Crippen molar-refractivity contribution in [1.29, 1.82) is 0 Å². The van der Waals surface area contributed by atoms with Gasteiger partial charge in [0.15, 0.2) is 0 Å². The molecule has 1 aliphatic rings. The molecule has 0 bridgehead atoms. The second-order valence-corrected chi connectivity index (χ2v) is 4.24. The Labute approximate surface area is 87.2 Å². The van der Waals surface area contributed by atoms with Gasteiger partial charge in [-0.2, -0.15) is 0 Å². The highest BCUT2D eigenvalue weighted by molar-refractivity contribution is 9.11. The van der Waals surface area contributed by atoms with Crippen molar-refractivity contribution in [2.24, 2.45) is 0 Å². The van der Waals surface area contributed by atoms with Crippen molar-refractivity contribution in [3.63, 3.8) is 0 Å². The fourth-order valence-corrected chi connectivity index (χ4v) is 1.85. The first-order valence-corrected chi connectivity index (χ1v) is 5.28. The molecule has 0 aromatic rings. The van der Waals surface area contributed by atoms with Crippen LogP contribution in [0.2, 0.25) is 0 Å². The molecule has 0 aliphatic carbocycles. The van der Waals surface area contributed by atoms with Crippen LogP contribution in [0.3, 0.4) is 0 Å². The minimum absolute atomic E-state index is 0.950. The van der Waals surface area contributed by atoms with Crippen molar-refractivity contribution in [2.45, 2.75) is 13.3 Å². The van der Waals surface area contributed by atoms with Gasteiger partial charge in [0.25, 0.3) is 0 Å². The molecule has 0 radical (unpaired) electrons. The lowest BCUT2D eigenvalue weighted by molar-refractivity contribution is 0.323. The van der Waals surface area contributed by atoms with Gasteiger partial charge in [-0.3, -0.25) is 4.90 Å². The normalized spacial score (nSPS) is 20.9. The summed E-state index contributed by atoms with van der Waals surface area (Å²) >= 11 is 9.02. The van der Waals surface area contributed by atoms with E-state index in [4.69, 9.17) is 11.6 Å². The van der Waals surface area contributed by atoms with Gasteiger partial charge in [0.05, 0.1) is 0 Å². The van der Waals surface area contributed by atoms with Crippen LogP contribution in [0.5, 0.6) is 0 Å². The Kier molecular flexibility index (Phi) is 4.33. The maximum absolute atomic E-state index is 5.45. The van der Waals surface area contributed by atoms with Gasteiger partial charge in [0, 0.05) is 29.7 Å². The summed E-state index contributed by atoms with van der Waals surface area (Å²) in [5, 5.41) is 0. The van der Waals surface area contributed by atoms with E-state index in [0.29, 0.717) is 0 Å². The van der Waals surface area contributed by atoms with Gasteiger partial charge in [-0.15, -0.1) is 0 Å². The van der Waals surface area contributed by atoms with E-state index in [9.17, 15) is 0 Å². The molecule has 1 aliphatic heterocycles. The molecule has 12 heavy (non-hydrogen) atoms. The summed E-state index contributed by atoms with van der Waals surface area (Å²) < 4.78 is 1.33. The van der Waals surface area contributed by atoms with Crippen LogP contribution in [-0.2, 0) is 0 Å². The van der Waals surface area contributed by atoms with Gasteiger partial charge in [-0.25, -0.2) is 0 Å². The smallest absolute Gasteiger partial charge is 0.0302 e. The van der Waals surface area contributed by atoms with E-state index in [2.05, 4.69) is 27.8 Å². The maximum Gasteiger partial charge on any atom is 0.0302 e. The van der Waals surface area contributed by atoms with Gasteiger partial charge in [0.2, 0.25) is 0 Å². The van der Waals surface area contributed by atoms with E-state index >= 15 is 0 Å². The molecule has 1 rings (SSSR count). The van der Waals surface area contributed by atoms with Crippen LogP contribution in [0, 0.1) is 0 Å². The maximum atomic E-state index is 5.45. The lowest BCUT2D eigenvalue weighted by atomic mass is 10.1. The lowest BCUT2D eigenvalue weighted by Gasteiger charge is -2.26. The van der Waals surface area contributed by atoms with E-state index in [-0.39, 0.29) is 0 Å². The van der Waals surface area contributed by atoms with Crippen LogP contribution in [0.25, 0.3) is 0 Å². The Hall–Kier alpha value is 0.210. The summed E-state index contributed by atoms with van der Waals surface area (Å²) in [4.78, 5) is 2.36. The predicted molar refractivity (Wildman–Crippen MR) is 57.7 cm³/mol. The van der Waals surface area contributed by atoms with E-state index < -0.39 is 0 Å². The van der Waals surface area contributed by atoms with E-state index in [1.54, 1.807) is 5.54 Å². The topological polar surface area (TPSA) is 3.24 Å². The molecule has 0 aromatic carbocycles. The zero-order chi connectivity index (χ0) is 8.97. The van der Waals surface area contributed by atoms with Crippen LogP contribution in [0.1, 0.15) is 13.3 Å². The summed E-state index contributed by atoms with van der Waals surface area (Å²) in [7, 11) is 0. The summed E-state index contributed by atoms with van der Waals surface area (Å²) in [5.74, 6) is 0. The standard InChI is InChI=1S/C9H13BrClN/c1-8-3-6-12(5-2-4-11)7-9(8)10/h2,4H,3,5-7H2,1H3/b4-2+. The highest BCUT2D eigenvalue weighted by Gasteiger charge is 2.12. The SMILES string of the molecule is CC1=C(Br)CN(C/C=C/Cl)CC1. The minimum atomic E-state index is 0.950. The molecule has 3 heteroatoms. The van der Waals surface area contributed by atoms with Crippen LogP contribution in [0.15, 0.2) is 21.7 Å². The van der Waals surface area contributed by atoms with Crippen molar-refractivity contribution in [3.8, 4) is 0 Å². The lowest BCUT2D eigenvalue weighted by Crippen LogP contribution is -2.30. The summed E-state index contributed by atoms with van der Waals surface area (Å²) in [6.07, 6.45) is 3.14. The van der Waals surface area contributed by atoms with Crippen LogP contribution >= 0.6 is 27.5 Å².